The molecular formula is C24H31ClN4O3. The van der Waals surface area contributed by atoms with Crippen molar-refractivity contribution >= 4 is 29.6 Å². The van der Waals surface area contributed by atoms with E-state index in [1.54, 1.807) is 12.3 Å². The lowest BCUT2D eigenvalue weighted by Gasteiger charge is -2.34. The summed E-state index contributed by atoms with van der Waals surface area (Å²) in [5.74, 6) is 2.66. The zero-order valence-corrected chi connectivity index (χ0v) is 19.7. The van der Waals surface area contributed by atoms with Gasteiger partial charge in [-0.1, -0.05) is 11.6 Å². The number of fused-ring (bicyclic) bond motifs is 1. The number of amides is 1. The van der Waals surface area contributed by atoms with Gasteiger partial charge in [-0.15, -0.1) is 0 Å². The second-order valence-corrected chi connectivity index (χ2v) is 9.41. The van der Waals surface area contributed by atoms with Gasteiger partial charge in [-0.3, -0.25) is 4.79 Å². The predicted molar refractivity (Wildman–Crippen MR) is 124 cm³/mol. The van der Waals surface area contributed by atoms with Crippen molar-refractivity contribution in [3.05, 3.63) is 46.0 Å². The summed E-state index contributed by atoms with van der Waals surface area (Å²) in [6, 6.07) is 1.74. The van der Waals surface area contributed by atoms with Gasteiger partial charge in [-0.25, -0.2) is 4.98 Å². The second-order valence-electron chi connectivity index (χ2n) is 9.00. The molecule has 5 rings (SSSR count). The molecule has 0 radical (unpaired) electrons. The number of halogens is 1. The van der Waals surface area contributed by atoms with Gasteiger partial charge in [0.15, 0.2) is 0 Å². The van der Waals surface area contributed by atoms with E-state index in [1.807, 2.05) is 30.0 Å². The molecule has 1 aromatic heterocycles. The molecule has 1 aromatic rings. The third kappa shape index (κ3) is 4.93. The number of carbonyl (C=O) groups is 2. The van der Waals surface area contributed by atoms with E-state index in [0.29, 0.717) is 30.0 Å². The number of aromatic nitrogens is 1. The average molecular weight is 459 g/mol. The number of nitrogens with one attached hydrogen (secondary N) is 1. The molecule has 1 unspecified atom stereocenters. The molecule has 7 nitrogen and oxygen atoms in total. The number of aldehydes is 1. The predicted octanol–water partition coefficient (Wildman–Crippen LogP) is 3.77. The van der Waals surface area contributed by atoms with Crippen LogP contribution in [0.5, 0.6) is 0 Å². The van der Waals surface area contributed by atoms with Crippen LogP contribution in [-0.4, -0.2) is 60.3 Å². The number of pyridine rings is 1. The fourth-order valence-electron chi connectivity index (χ4n) is 3.92. The Hall–Kier alpha value is -2.54. The molecule has 0 saturated heterocycles. The summed E-state index contributed by atoms with van der Waals surface area (Å²) in [5.41, 5.74) is 2.78. The third-order valence-corrected chi connectivity index (χ3v) is 6.64. The van der Waals surface area contributed by atoms with E-state index in [2.05, 4.69) is 17.2 Å². The summed E-state index contributed by atoms with van der Waals surface area (Å²) < 4.78 is 5.92. The van der Waals surface area contributed by atoms with Crippen molar-refractivity contribution in [2.45, 2.75) is 45.2 Å². The van der Waals surface area contributed by atoms with Gasteiger partial charge in [0.1, 0.15) is 17.1 Å². The first kappa shape index (κ1) is 22.6. The Labute approximate surface area is 194 Å². The Morgan fingerprint density at radius 1 is 1.31 bits per heavy atom. The van der Waals surface area contributed by atoms with E-state index >= 15 is 0 Å². The van der Waals surface area contributed by atoms with E-state index in [1.165, 1.54) is 12.8 Å². The maximum absolute atomic E-state index is 12.9. The van der Waals surface area contributed by atoms with Crippen LogP contribution in [0.3, 0.4) is 0 Å². The van der Waals surface area contributed by atoms with E-state index in [9.17, 15) is 9.59 Å². The molecular weight excluding hydrogens is 428 g/mol. The Balaban J connectivity index is 0.000000433. The fourth-order valence-corrected chi connectivity index (χ4v) is 4.26. The molecule has 0 spiro atoms. The molecule has 32 heavy (non-hydrogen) atoms. The van der Waals surface area contributed by atoms with Crippen molar-refractivity contribution in [3.8, 4) is 0 Å². The van der Waals surface area contributed by atoms with Crippen LogP contribution in [0.15, 0.2) is 34.8 Å². The first-order valence-electron chi connectivity index (χ1n) is 11.3. The van der Waals surface area contributed by atoms with Crippen LogP contribution in [0.4, 0.5) is 5.82 Å². The maximum atomic E-state index is 12.9. The molecule has 172 valence electrons. The van der Waals surface area contributed by atoms with Crippen LogP contribution >= 0.6 is 11.6 Å². The second kappa shape index (κ2) is 9.53. The highest BCUT2D eigenvalue weighted by atomic mass is 35.5. The van der Waals surface area contributed by atoms with Crippen molar-refractivity contribution < 1.29 is 14.3 Å². The number of anilines is 1. The highest BCUT2D eigenvalue weighted by molar-refractivity contribution is 6.31. The lowest BCUT2D eigenvalue weighted by atomic mass is 10.0. The standard InChI is InChI=1S/C20H25ClN4O2.C4H6O/c1-12(25-10-16-15(19(25)26)6-7-23-18(16)22-2)14-8-17(21)20(24(3)9-14)27-11-13-4-5-13;5-3-4-1-2-4/h6-8,12-13H,4-5,9-11H2,1-3H3,(H,22,23);3-4H,1-2H2. The molecule has 0 aromatic carbocycles. The normalized spacial score (nSPS) is 20.9. The van der Waals surface area contributed by atoms with E-state index in [-0.39, 0.29) is 11.9 Å². The molecule has 2 saturated carbocycles. The lowest BCUT2D eigenvalue weighted by molar-refractivity contribution is -0.108. The Morgan fingerprint density at radius 3 is 2.62 bits per heavy atom. The largest absolute Gasteiger partial charge is 0.478 e. The number of nitrogens with zero attached hydrogens (tertiary/aromatic N) is 3. The molecule has 1 N–H and O–H groups in total. The van der Waals surface area contributed by atoms with E-state index in [0.717, 1.165) is 54.1 Å². The maximum Gasteiger partial charge on any atom is 0.255 e. The zero-order chi connectivity index (χ0) is 22.8. The molecule has 8 heteroatoms. The van der Waals surface area contributed by atoms with Gasteiger partial charge in [0.25, 0.3) is 5.91 Å². The Morgan fingerprint density at radius 2 is 2.06 bits per heavy atom. The smallest absolute Gasteiger partial charge is 0.255 e. The molecule has 0 bridgehead atoms. The number of carbonyl (C=O) groups excluding carboxylic acids is 2. The molecule has 2 aliphatic heterocycles. The van der Waals surface area contributed by atoms with Crippen molar-refractivity contribution in [3.63, 3.8) is 0 Å². The summed E-state index contributed by atoms with van der Waals surface area (Å²) in [6.07, 6.45) is 9.43. The summed E-state index contributed by atoms with van der Waals surface area (Å²) in [5, 5.41) is 3.68. The number of hydrogen-bond donors (Lipinski definition) is 1. The van der Waals surface area contributed by atoms with E-state index in [4.69, 9.17) is 16.3 Å². The van der Waals surface area contributed by atoms with Crippen LogP contribution < -0.4 is 5.32 Å². The van der Waals surface area contributed by atoms with Crippen molar-refractivity contribution in [1.29, 1.82) is 0 Å². The summed E-state index contributed by atoms with van der Waals surface area (Å²) in [4.78, 5) is 30.7. The van der Waals surface area contributed by atoms with Crippen LogP contribution in [0.25, 0.3) is 0 Å². The minimum atomic E-state index is -0.0595. The van der Waals surface area contributed by atoms with Gasteiger partial charge >= 0.3 is 0 Å². The summed E-state index contributed by atoms with van der Waals surface area (Å²) in [6.45, 7) is 4.02. The van der Waals surface area contributed by atoms with Crippen LogP contribution in [0, 0.1) is 11.8 Å². The quantitative estimate of drug-likeness (QED) is 0.627. The van der Waals surface area contributed by atoms with Gasteiger partial charge in [-0.2, -0.15) is 0 Å². The van der Waals surface area contributed by atoms with Gasteiger partial charge in [0, 0.05) is 43.9 Å². The average Bonchev–Trinajstić information content (AvgIpc) is 3.71. The fraction of sp³-hybridized carbons (Fsp3) is 0.542. The number of hydrogen-bond acceptors (Lipinski definition) is 6. The Kier molecular flexibility index (Phi) is 6.74. The monoisotopic (exact) mass is 458 g/mol. The highest BCUT2D eigenvalue weighted by Crippen LogP contribution is 2.34. The molecule has 1 amide bonds. The van der Waals surface area contributed by atoms with E-state index < -0.39 is 0 Å². The van der Waals surface area contributed by atoms with Crippen molar-refractivity contribution in [2.24, 2.45) is 11.8 Å². The van der Waals surface area contributed by atoms with Crippen LogP contribution in [0.2, 0.25) is 0 Å². The topological polar surface area (TPSA) is 74.8 Å². The molecule has 3 heterocycles. The van der Waals surface area contributed by atoms with Gasteiger partial charge < -0.3 is 24.6 Å². The molecule has 2 fully saturated rings. The SMILES string of the molecule is CNc1nccc2c1CN(C(C)C1=CC(Cl)=C(OCC3CC3)N(C)C1)C2=O.O=CC1CC1. The molecule has 4 aliphatic rings. The first-order chi connectivity index (χ1) is 15.4. The third-order valence-electron chi connectivity index (χ3n) is 6.37. The van der Waals surface area contributed by atoms with Gasteiger partial charge in [-0.05, 0) is 56.2 Å². The summed E-state index contributed by atoms with van der Waals surface area (Å²) in [7, 11) is 3.81. The van der Waals surface area contributed by atoms with Crippen LogP contribution in [-0.2, 0) is 16.1 Å². The van der Waals surface area contributed by atoms with Crippen molar-refractivity contribution in [1.82, 2.24) is 14.8 Å². The number of allylic oxidation sites excluding steroid dienone is 2. The summed E-state index contributed by atoms with van der Waals surface area (Å²) >= 11 is 6.51. The minimum absolute atomic E-state index is 0.0378. The molecule has 1 atom stereocenters. The number of rotatable bonds is 7. The van der Waals surface area contributed by atoms with Gasteiger partial charge in [0.2, 0.25) is 5.88 Å². The lowest BCUT2D eigenvalue weighted by Crippen LogP contribution is -2.39. The number of likely N-dealkylation sites (N-methyl/N-ethyl adjacent to an activating group) is 1. The van der Waals surface area contributed by atoms with Gasteiger partial charge in [0.05, 0.1) is 19.2 Å². The minimum Gasteiger partial charge on any atom is -0.478 e. The zero-order valence-electron chi connectivity index (χ0n) is 18.9. The van der Waals surface area contributed by atoms with Crippen molar-refractivity contribution in [2.75, 3.05) is 32.6 Å². The molecule has 2 aliphatic carbocycles. The number of ether oxygens (including phenoxy) is 1. The highest BCUT2D eigenvalue weighted by Gasteiger charge is 2.35. The Bertz CT molecular complexity index is 953. The first-order valence-corrected chi connectivity index (χ1v) is 11.7. The van der Waals surface area contributed by atoms with Crippen LogP contribution in [0.1, 0.15) is 48.5 Å².